The van der Waals surface area contributed by atoms with Gasteiger partial charge in [0.1, 0.15) is 0 Å². The fourth-order valence-corrected chi connectivity index (χ4v) is 1.61. The second-order valence-corrected chi connectivity index (χ2v) is 4.59. The van der Waals surface area contributed by atoms with Crippen molar-refractivity contribution in [1.29, 1.82) is 5.26 Å². The second kappa shape index (κ2) is 6.55. The number of carboxylic acids is 1. The van der Waals surface area contributed by atoms with Crippen LogP contribution < -0.4 is 5.32 Å². The van der Waals surface area contributed by atoms with Crippen LogP contribution in [-0.4, -0.2) is 23.5 Å². The van der Waals surface area contributed by atoms with Gasteiger partial charge in [-0.3, -0.25) is 9.59 Å². The summed E-state index contributed by atoms with van der Waals surface area (Å²) in [5.74, 6) is -1.92. The lowest BCUT2D eigenvalue weighted by molar-refractivity contribution is -0.142. The summed E-state index contributed by atoms with van der Waals surface area (Å²) in [4.78, 5) is 22.8. The normalized spacial score (nSPS) is 11.7. The van der Waals surface area contributed by atoms with Crippen LogP contribution in [0, 0.1) is 23.2 Å². The highest BCUT2D eigenvalue weighted by atomic mass is 16.4. The first-order valence-electron chi connectivity index (χ1n) is 5.97. The van der Waals surface area contributed by atoms with Gasteiger partial charge in [-0.25, -0.2) is 0 Å². The van der Waals surface area contributed by atoms with Gasteiger partial charge in [0, 0.05) is 12.1 Å². The van der Waals surface area contributed by atoms with Crippen molar-refractivity contribution in [3.63, 3.8) is 0 Å². The predicted molar refractivity (Wildman–Crippen MR) is 69.5 cm³/mol. The van der Waals surface area contributed by atoms with Crippen LogP contribution in [0.25, 0.3) is 0 Å². The zero-order valence-electron chi connectivity index (χ0n) is 10.9. The Morgan fingerprint density at radius 1 is 1.32 bits per heavy atom. The SMILES string of the molecule is CC(C)C(CNC(=O)c1ccc(C#N)cc1)C(=O)O. The van der Waals surface area contributed by atoms with Gasteiger partial charge in [-0.15, -0.1) is 0 Å². The summed E-state index contributed by atoms with van der Waals surface area (Å²) >= 11 is 0. The molecule has 1 aromatic rings. The third-order valence-electron chi connectivity index (χ3n) is 2.88. The van der Waals surface area contributed by atoms with Crippen molar-refractivity contribution in [2.24, 2.45) is 11.8 Å². The number of benzene rings is 1. The van der Waals surface area contributed by atoms with E-state index in [2.05, 4.69) is 5.32 Å². The van der Waals surface area contributed by atoms with Crippen LogP contribution in [0.5, 0.6) is 0 Å². The molecule has 1 rings (SSSR count). The number of hydrogen-bond acceptors (Lipinski definition) is 3. The molecule has 0 aliphatic rings. The Balaban J connectivity index is 2.64. The number of nitriles is 1. The molecule has 0 saturated heterocycles. The molecule has 0 fully saturated rings. The van der Waals surface area contributed by atoms with Crippen molar-refractivity contribution in [2.45, 2.75) is 13.8 Å². The van der Waals surface area contributed by atoms with E-state index in [0.717, 1.165) is 0 Å². The lowest BCUT2D eigenvalue weighted by atomic mass is 9.96. The van der Waals surface area contributed by atoms with E-state index >= 15 is 0 Å². The smallest absolute Gasteiger partial charge is 0.308 e. The monoisotopic (exact) mass is 260 g/mol. The summed E-state index contributed by atoms with van der Waals surface area (Å²) in [6, 6.07) is 8.14. The van der Waals surface area contributed by atoms with Crippen LogP contribution in [0.3, 0.4) is 0 Å². The van der Waals surface area contributed by atoms with E-state index in [1.807, 2.05) is 6.07 Å². The molecular weight excluding hydrogens is 244 g/mol. The molecular formula is C14H16N2O3. The zero-order valence-corrected chi connectivity index (χ0v) is 10.9. The Kier molecular flexibility index (Phi) is 5.07. The maximum atomic E-state index is 11.8. The maximum Gasteiger partial charge on any atom is 0.308 e. The molecule has 19 heavy (non-hydrogen) atoms. The van der Waals surface area contributed by atoms with E-state index in [-0.39, 0.29) is 18.4 Å². The van der Waals surface area contributed by atoms with Crippen LogP contribution in [-0.2, 0) is 4.79 Å². The Hall–Kier alpha value is -2.35. The first kappa shape index (κ1) is 14.7. The highest BCUT2D eigenvalue weighted by molar-refractivity contribution is 5.94. The third-order valence-corrected chi connectivity index (χ3v) is 2.88. The van der Waals surface area contributed by atoms with Crippen LogP contribution in [0.2, 0.25) is 0 Å². The van der Waals surface area contributed by atoms with E-state index in [0.29, 0.717) is 11.1 Å². The lowest BCUT2D eigenvalue weighted by Gasteiger charge is -2.16. The quantitative estimate of drug-likeness (QED) is 0.842. The number of hydrogen-bond donors (Lipinski definition) is 2. The van der Waals surface area contributed by atoms with Crippen molar-refractivity contribution in [2.75, 3.05) is 6.54 Å². The maximum absolute atomic E-state index is 11.8. The van der Waals surface area contributed by atoms with E-state index in [1.54, 1.807) is 38.1 Å². The molecule has 2 N–H and O–H groups in total. The van der Waals surface area contributed by atoms with Gasteiger partial charge in [0.2, 0.25) is 0 Å². The number of amides is 1. The van der Waals surface area contributed by atoms with Crippen molar-refractivity contribution >= 4 is 11.9 Å². The van der Waals surface area contributed by atoms with Crippen molar-refractivity contribution in [3.05, 3.63) is 35.4 Å². The van der Waals surface area contributed by atoms with Gasteiger partial charge in [-0.05, 0) is 30.2 Å². The standard InChI is InChI=1S/C14H16N2O3/c1-9(2)12(14(18)19)8-16-13(17)11-5-3-10(7-15)4-6-11/h3-6,9,12H,8H2,1-2H3,(H,16,17)(H,18,19). The minimum atomic E-state index is -0.921. The summed E-state index contributed by atoms with van der Waals surface area (Å²) in [5, 5.41) is 20.3. The molecule has 0 aliphatic carbocycles. The number of rotatable bonds is 5. The summed E-state index contributed by atoms with van der Waals surface area (Å²) in [5.41, 5.74) is 0.883. The number of carbonyl (C=O) groups excluding carboxylic acids is 1. The molecule has 1 atom stereocenters. The molecule has 1 amide bonds. The summed E-state index contributed by atoms with van der Waals surface area (Å²) in [6.45, 7) is 3.69. The highest BCUT2D eigenvalue weighted by Gasteiger charge is 2.22. The van der Waals surface area contributed by atoms with Crippen molar-refractivity contribution < 1.29 is 14.7 Å². The average Bonchev–Trinajstić information content (AvgIpc) is 2.38. The van der Waals surface area contributed by atoms with Crippen molar-refractivity contribution in [1.82, 2.24) is 5.32 Å². The van der Waals surface area contributed by atoms with Gasteiger partial charge in [-0.2, -0.15) is 5.26 Å². The fraction of sp³-hybridized carbons (Fsp3) is 0.357. The largest absolute Gasteiger partial charge is 0.481 e. The second-order valence-electron chi connectivity index (χ2n) is 4.59. The van der Waals surface area contributed by atoms with Crippen LogP contribution in [0.15, 0.2) is 24.3 Å². The molecule has 0 bridgehead atoms. The van der Waals surface area contributed by atoms with Gasteiger partial charge in [0.15, 0.2) is 0 Å². The summed E-state index contributed by atoms with van der Waals surface area (Å²) in [6.07, 6.45) is 0. The van der Waals surface area contributed by atoms with Gasteiger partial charge in [-0.1, -0.05) is 13.8 Å². The number of carbonyl (C=O) groups is 2. The van der Waals surface area contributed by atoms with E-state index in [4.69, 9.17) is 10.4 Å². The molecule has 5 heteroatoms. The third kappa shape index (κ3) is 4.11. The lowest BCUT2D eigenvalue weighted by Crippen LogP contribution is -2.35. The fourth-order valence-electron chi connectivity index (χ4n) is 1.61. The Morgan fingerprint density at radius 3 is 2.32 bits per heavy atom. The highest BCUT2D eigenvalue weighted by Crippen LogP contribution is 2.10. The molecule has 5 nitrogen and oxygen atoms in total. The predicted octanol–water partition coefficient (Wildman–Crippen LogP) is 1.64. The van der Waals surface area contributed by atoms with Crippen LogP contribution in [0.4, 0.5) is 0 Å². The average molecular weight is 260 g/mol. The molecule has 0 aliphatic heterocycles. The van der Waals surface area contributed by atoms with Gasteiger partial charge >= 0.3 is 5.97 Å². The van der Waals surface area contributed by atoms with E-state index in [9.17, 15) is 9.59 Å². The molecule has 0 saturated carbocycles. The Bertz CT molecular complexity index is 500. The van der Waals surface area contributed by atoms with E-state index < -0.39 is 11.9 Å². The summed E-state index contributed by atoms with van der Waals surface area (Å²) < 4.78 is 0. The van der Waals surface area contributed by atoms with Crippen LogP contribution >= 0.6 is 0 Å². The number of carboxylic acid groups (broad SMARTS) is 1. The Morgan fingerprint density at radius 2 is 1.89 bits per heavy atom. The minimum absolute atomic E-state index is 0.0567. The minimum Gasteiger partial charge on any atom is -0.481 e. The molecule has 0 aromatic heterocycles. The molecule has 100 valence electrons. The van der Waals surface area contributed by atoms with Gasteiger partial charge in [0.05, 0.1) is 17.6 Å². The molecule has 0 heterocycles. The number of aliphatic carboxylic acids is 1. The van der Waals surface area contributed by atoms with Gasteiger partial charge in [0.25, 0.3) is 5.91 Å². The topological polar surface area (TPSA) is 90.2 Å². The van der Waals surface area contributed by atoms with Crippen LogP contribution in [0.1, 0.15) is 29.8 Å². The Labute approximate surface area is 111 Å². The van der Waals surface area contributed by atoms with Crippen molar-refractivity contribution in [3.8, 4) is 6.07 Å². The number of nitrogens with one attached hydrogen (secondary N) is 1. The molecule has 0 spiro atoms. The van der Waals surface area contributed by atoms with E-state index in [1.165, 1.54) is 0 Å². The first-order valence-corrected chi connectivity index (χ1v) is 5.97. The molecule has 1 aromatic carbocycles. The number of nitrogens with zero attached hydrogens (tertiary/aromatic N) is 1. The summed E-state index contributed by atoms with van der Waals surface area (Å²) in [7, 11) is 0. The first-order chi connectivity index (χ1) is 8.95. The van der Waals surface area contributed by atoms with Gasteiger partial charge < -0.3 is 10.4 Å². The zero-order chi connectivity index (χ0) is 14.4. The molecule has 1 unspecified atom stereocenters. The molecule has 0 radical (unpaired) electrons.